The molecule has 4 nitrogen and oxygen atoms in total. The summed E-state index contributed by atoms with van der Waals surface area (Å²) in [6, 6.07) is 5.28. The van der Waals surface area contributed by atoms with Crippen LogP contribution in [0.15, 0.2) is 30.6 Å². The number of rotatable bonds is 5. The molecule has 2 heterocycles. The molecule has 0 saturated carbocycles. The summed E-state index contributed by atoms with van der Waals surface area (Å²) in [5.41, 5.74) is 1.45. The third-order valence-corrected chi connectivity index (χ3v) is 2.64. The van der Waals surface area contributed by atoms with Gasteiger partial charge in [0, 0.05) is 12.2 Å². The van der Waals surface area contributed by atoms with Crippen molar-refractivity contribution < 1.29 is 4.39 Å². The van der Waals surface area contributed by atoms with Gasteiger partial charge in [-0.2, -0.15) is 5.10 Å². The molecule has 2 aromatic heterocycles. The number of likely N-dealkylation sites (N-methyl/N-ethyl adjacent to an activating group) is 1. The zero-order valence-corrected chi connectivity index (χ0v) is 13.0. The maximum Gasteiger partial charge on any atom is 0.141 e. The monoisotopic (exact) mass is 320 g/mol. The predicted octanol–water partition coefficient (Wildman–Crippen LogP) is 2.93. The molecule has 0 fully saturated rings. The molecular formula is C13H19Cl2FN4. The lowest BCUT2D eigenvalue weighted by atomic mass is 10.3. The van der Waals surface area contributed by atoms with Crippen LogP contribution in [-0.4, -0.2) is 27.4 Å². The number of hydrogen-bond donors (Lipinski definition) is 1. The summed E-state index contributed by atoms with van der Waals surface area (Å²) in [5, 5.41) is 7.75. The second-order valence-corrected chi connectivity index (χ2v) is 4.24. The Morgan fingerprint density at radius 3 is 2.60 bits per heavy atom. The Balaban J connectivity index is 0.00000180. The molecular weight excluding hydrogens is 302 g/mol. The number of hydrogen-bond acceptors (Lipinski definition) is 3. The summed E-state index contributed by atoms with van der Waals surface area (Å²) >= 11 is 0. The summed E-state index contributed by atoms with van der Waals surface area (Å²) in [7, 11) is 0. The van der Waals surface area contributed by atoms with Gasteiger partial charge in [0.2, 0.25) is 0 Å². The minimum Gasteiger partial charge on any atom is -0.313 e. The highest BCUT2D eigenvalue weighted by Gasteiger charge is 2.06. The quantitative estimate of drug-likeness (QED) is 0.921. The van der Waals surface area contributed by atoms with Crippen molar-refractivity contribution in [2.45, 2.75) is 26.4 Å². The normalized spacial score (nSPS) is 11.3. The molecule has 20 heavy (non-hydrogen) atoms. The fraction of sp³-hybridized carbons (Fsp3) is 0.385. The first-order chi connectivity index (χ1) is 8.69. The molecule has 7 heteroatoms. The van der Waals surface area contributed by atoms with Gasteiger partial charge in [-0.1, -0.05) is 6.92 Å². The van der Waals surface area contributed by atoms with Gasteiger partial charge in [0.1, 0.15) is 11.5 Å². The van der Waals surface area contributed by atoms with Crippen LogP contribution < -0.4 is 5.32 Å². The highest BCUT2D eigenvalue weighted by Crippen LogP contribution is 2.14. The van der Waals surface area contributed by atoms with E-state index in [2.05, 4.69) is 29.2 Å². The van der Waals surface area contributed by atoms with E-state index < -0.39 is 0 Å². The lowest BCUT2D eigenvalue weighted by Crippen LogP contribution is -2.30. The second-order valence-electron chi connectivity index (χ2n) is 4.24. The van der Waals surface area contributed by atoms with Gasteiger partial charge >= 0.3 is 0 Å². The van der Waals surface area contributed by atoms with E-state index in [1.165, 1.54) is 12.3 Å². The van der Waals surface area contributed by atoms with E-state index >= 15 is 0 Å². The Morgan fingerprint density at radius 2 is 2.00 bits per heavy atom. The summed E-state index contributed by atoms with van der Waals surface area (Å²) in [6.07, 6.45) is 3.11. The molecule has 0 spiro atoms. The predicted molar refractivity (Wildman–Crippen MR) is 83.1 cm³/mol. The number of nitrogens with one attached hydrogen (secondary N) is 1. The van der Waals surface area contributed by atoms with Gasteiger partial charge in [-0.3, -0.25) is 9.67 Å². The lowest BCUT2D eigenvalue weighted by molar-refractivity contribution is 0.462. The van der Waals surface area contributed by atoms with E-state index in [1.54, 1.807) is 6.07 Å². The Hall–Kier alpha value is -1.17. The van der Waals surface area contributed by atoms with Gasteiger partial charge in [0.15, 0.2) is 0 Å². The third kappa shape index (κ3) is 5.07. The average Bonchev–Trinajstić information content (AvgIpc) is 2.78. The van der Waals surface area contributed by atoms with Crippen molar-refractivity contribution in [2.24, 2.45) is 0 Å². The van der Waals surface area contributed by atoms with Crippen LogP contribution in [0.1, 0.15) is 13.8 Å². The van der Waals surface area contributed by atoms with Gasteiger partial charge < -0.3 is 5.32 Å². The molecule has 1 unspecified atom stereocenters. The van der Waals surface area contributed by atoms with Crippen LogP contribution >= 0.6 is 24.8 Å². The van der Waals surface area contributed by atoms with E-state index in [9.17, 15) is 4.39 Å². The minimum absolute atomic E-state index is 0. The summed E-state index contributed by atoms with van der Waals surface area (Å²) in [4.78, 5) is 4.01. The zero-order valence-electron chi connectivity index (χ0n) is 11.4. The average molecular weight is 321 g/mol. The fourth-order valence-corrected chi connectivity index (χ4v) is 1.82. The van der Waals surface area contributed by atoms with Crippen molar-refractivity contribution in [1.29, 1.82) is 0 Å². The Bertz CT molecular complexity index is 501. The molecule has 0 amide bonds. The molecule has 0 aliphatic rings. The molecule has 112 valence electrons. The molecule has 0 saturated heterocycles. The topological polar surface area (TPSA) is 42.7 Å². The Kier molecular flexibility index (Phi) is 8.37. The van der Waals surface area contributed by atoms with Gasteiger partial charge in [0.25, 0.3) is 0 Å². The smallest absolute Gasteiger partial charge is 0.141 e. The van der Waals surface area contributed by atoms with Crippen LogP contribution in [0.5, 0.6) is 0 Å². The molecule has 0 aromatic carbocycles. The maximum absolute atomic E-state index is 12.8. The number of halogens is 3. The van der Waals surface area contributed by atoms with Crippen LogP contribution in [0.25, 0.3) is 11.4 Å². The standard InChI is InChI=1S/C13H17FN4.2ClH/c1-3-15-10(2)9-18-7-6-13(17-18)12-5-4-11(14)8-16-12;;/h4-8,10,15H,3,9H2,1-2H3;2*1H. The summed E-state index contributed by atoms with van der Waals surface area (Å²) in [5.74, 6) is -0.334. The van der Waals surface area contributed by atoms with Gasteiger partial charge in [-0.05, 0) is 31.7 Å². The molecule has 2 rings (SSSR count). The first kappa shape index (κ1) is 18.8. The second kappa shape index (κ2) is 8.89. The largest absolute Gasteiger partial charge is 0.313 e. The molecule has 0 aliphatic carbocycles. The van der Waals surface area contributed by atoms with Crippen LogP contribution in [0, 0.1) is 5.82 Å². The van der Waals surface area contributed by atoms with E-state index in [1.807, 2.05) is 16.9 Å². The highest BCUT2D eigenvalue weighted by molar-refractivity contribution is 5.85. The van der Waals surface area contributed by atoms with Crippen molar-refractivity contribution >= 4 is 24.8 Å². The zero-order chi connectivity index (χ0) is 13.0. The van der Waals surface area contributed by atoms with Crippen molar-refractivity contribution in [3.05, 3.63) is 36.4 Å². The molecule has 1 atom stereocenters. The highest BCUT2D eigenvalue weighted by atomic mass is 35.5. The van der Waals surface area contributed by atoms with Crippen molar-refractivity contribution in [2.75, 3.05) is 6.54 Å². The number of nitrogens with zero attached hydrogens (tertiary/aromatic N) is 3. The van der Waals surface area contributed by atoms with Crippen molar-refractivity contribution in [3.8, 4) is 11.4 Å². The molecule has 0 radical (unpaired) electrons. The van der Waals surface area contributed by atoms with E-state index in [0.717, 1.165) is 18.8 Å². The van der Waals surface area contributed by atoms with Gasteiger partial charge in [-0.15, -0.1) is 24.8 Å². The Labute approximate surface area is 130 Å². The van der Waals surface area contributed by atoms with Crippen molar-refractivity contribution in [3.63, 3.8) is 0 Å². The van der Waals surface area contributed by atoms with Crippen LogP contribution in [0.3, 0.4) is 0 Å². The molecule has 0 bridgehead atoms. The first-order valence-electron chi connectivity index (χ1n) is 6.08. The number of pyridine rings is 1. The Morgan fingerprint density at radius 1 is 1.25 bits per heavy atom. The fourth-order valence-electron chi connectivity index (χ4n) is 1.82. The lowest BCUT2D eigenvalue weighted by Gasteiger charge is -2.11. The summed E-state index contributed by atoms with van der Waals surface area (Å²) < 4.78 is 14.6. The molecule has 2 aromatic rings. The third-order valence-electron chi connectivity index (χ3n) is 2.64. The van der Waals surface area contributed by atoms with Crippen LogP contribution in [-0.2, 0) is 6.54 Å². The molecule has 1 N–H and O–H groups in total. The van der Waals surface area contributed by atoms with Gasteiger partial charge in [0.05, 0.1) is 18.4 Å². The van der Waals surface area contributed by atoms with Crippen molar-refractivity contribution in [1.82, 2.24) is 20.1 Å². The van der Waals surface area contributed by atoms with Crippen LogP contribution in [0.4, 0.5) is 4.39 Å². The number of aromatic nitrogens is 3. The maximum atomic E-state index is 12.8. The minimum atomic E-state index is -0.334. The SMILES string of the molecule is CCNC(C)Cn1ccc(-c2ccc(F)cn2)n1.Cl.Cl. The summed E-state index contributed by atoms with van der Waals surface area (Å²) in [6.45, 7) is 5.93. The van der Waals surface area contributed by atoms with Crippen LogP contribution in [0.2, 0.25) is 0 Å². The van der Waals surface area contributed by atoms with E-state index in [0.29, 0.717) is 11.7 Å². The van der Waals surface area contributed by atoms with Gasteiger partial charge in [-0.25, -0.2) is 4.39 Å². The first-order valence-corrected chi connectivity index (χ1v) is 6.08. The molecule has 0 aliphatic heterocycles. The van der Waals surface area contributed by atoms with E-state index in [-0.39, 0.29) is 30.6 Å². The van der Waals surface area contributed by atoms with E-state index in [4.69, 9.17) is 0 Å².